The molecule has 154 valence electrons. The minimum Gasteiger partial charge on any atom is -0.548 e. The first-order chi connectivity index (χ1) is 14.4. The largest absolute Gasteiger partial charge is 0.548 e. The first kappa shape index (κ1) is 19.7. The van der Waals surface area contributed by atoms with Crippen LogP contribution >= 0.6 is 0 Å². The highest BCUT2D eigenvalue weighted by Crippen LogP contribution is 2.30. The molecule has 0 unspecified atom stereocenters. The summed E-state index contributed by atoms with van der Waals surface area (Å²) in [5.41, 5.74) is 1.48. The van der Waals surface area contributed by atoms with Gasteiger partial charge in [-0.1, -0.05) is 30.3 Å². The third-order valence-corrected chi connectivity index (χ3v) is 5.27. The standard InChI is InChI=1S/C23H21NO6/c1-14(22(26)24-11-5-8-19(24)23(27)28)29-16-9-10-17-18(15-6-3-2-4-7-15)13-21(25)30-20(17)12-16/h2-4,6-7,9-10,12-14,19H,5,8,11H2,1H3,(H,27,28)/p-1/t14-,19-/m1/s1. The van der Waals surface area contributed by atoms with E-state index in [0.717, 1.165) is 16.5 Å². The van der Waals surface area contributed by atoms with E-state index in [1.807, 2.05) is 30.3 Å². The van der Waals surface area contributed by atoms with Crippen molar-refractivity contribution >= 4 is 22.8 Å². The summed E-state index contributed by atoms with van der Waals surface area (Å²) < 4.78 is 11.1. The maximum absolute atomic E-state index is 12.7. The number of fused-ring (bicyclic) bond motifs is 1. The molecule has 0 saturated carbocycles. The lowest BCUT2D eigenvalue weighted by molar-refractivity contribution is -0.310. The summed E-state index contributed by atoms with van der Waals surface area (Å²) in [6.45, 7) is 1.92. The van der Waals surface area contributed by atoms with Crippen LogP contribution in [0.1, 0.15) is 19.8 Å². The average Bonchev–Trinajstić information content (AvgIpc) is 3.23. The van der Waals surface area contributed by atoms with Crippen LogP contribution in [0.15, 0.2) is 63.8 Å². The third kappa shape index (κ3) is 3.78. The molecular weight excluding hydrogens is 386 g/mol. The van der Waals surface area contributed by atoms with Gasteiger partial charge < -0.3 is 24.0 Å². The van der Waals surface area contributed by atoms with E-state index in [1.54, 1.807) is 25.1 Å². The van der Waals surface area contributed by atoms with E-state index in [9.17, 15) is 19.5 Å². The number of likely N-dealkylation sites (tertiary alicyclic amines) is 1. The summed E-state index contributed by atoms with van der Waals surface area (Å²) in [5, 5.41) is 12.0. The molecule has 0 radical (unpaired) electrons. The predicted molar refractivity (Wildman–Crippen MR) is 108 cm³/mol. The van der Waals surface area contributed by atoms with Crippen molar-refractivity contribution in [2.24, 2.45) is 0 Å². The van der Waals surface area contributed by atoms with Gasteiger partial charge in [0.05, 0.1) is 12.0 Å². The van der Waals surface area contributed by atoms with Crippen LogP contribution in [0, 0.1) is 0 Å². The number of carbonyl (C=O) groups excluding carboxylic acids is 2. The van der Waals surface area contributed by atoms with Crippen LogP contribution in [0.2, 0.25) is 0 Å². The number of ether oxygens (including phenoxy) is 1. The first-order valence-corrected chi connectivity index (χ1v) is 9.75. The Morgan fingerprint density at radius 2 is 1.93 bits per heavy atom. The van der Waals surface area contributed by atoms with Gasteiger partial charge in [0, 0.05) is 24.1 Å². The number of hydrogen-bond acceptors (Lipinski definition) is 6. The minimum absolute atomic E-state index is 0.340. The molecule has 2 aromatic carbocycles. The number of amides is 1. The van der Waals surface area contributed by atoms with Gasteiger partial charge in [0.1, 0.15) is 11.3 Å². The Bertz CT molecular complexity index is 1150. The topological polar surface area (TPSA) is 99.9 Å². The van der Waals surface area contributed by atoms with E-state index in [4.69, 9.17) is 9.15 Å². The van der Waals surface area contributed by atoms with Crippen LogP contribution in [-0.2, 0) is 9.59 Å². The van der Waals surface area contributed by atoms with E-state index in [-0.39, 0.29) is 0 Å². The Kier molecular flexibility index (Phi) is 5.27. The summed E-state index contributed by atoms with van der Waals surface area (Å²) in [4.78, 5) is 37.2. The minimum atomic E-state index is -1.26. The maximum Gasteiger partial charge on any atom is 0.336 e. The molecule has 0 N–H and O–H groups in total. The fraction of sp³-hybridized carbons (Fsp3) is 0.261. The molecule has 7 nitrogen and oxygen atoms in total. The fourth-order valence-corrected chi connectivity index (χ4v) is 3.84. The second-order valence-corrected chi connectivity index (χ2v) is 7.27. The van der Waals surface area contributed by atoms with E-state index in [2.05, 4.69) is 0 Å². The molecule has 0 aliphatic carbocycles. The van der Waals surface area contributed by atoms with Crippen LogP contribution in [0.5, 0.6) is 5.75 Å². The van der Waals surface area contributed by atoms with Crippen molar-refractivity contribution in [3.63, 3.8) is 0 Å². The van der Waals surface area contributed by atoms with Gasteiger partial charge in [0.15, 0.2) is 6.10 Å². The van der Waals surface area contributed by atoms with Gasteiger partial charge in [-0.3, -0.25) is 4.79 Å². The Morgan fingerprint density at radius 1 is 1.17 bits per heavy atom. The monoisotopic (exact) mass is 406 g/mol. The smallest absolute Gasteiger partial charge is 0.336 e. The molecular formula is C23H20NO6-. The van der Waals surface area contributed by atoms with Crippen molar-refractivity contribution in [2.45, 2.75) is 31.9 Å². The van der Waals surface area contributed by atoms with Crippen molar-refractivity contribution < 1.29 is 23.8 Å². The van der Waals surface area contributed by atoms with Crippen molar-refractivity contribution in [2.75, 3.05) is 6.54 Å². The van der Waals surface area contributed by atoms with Crippen molar-refractivity contribution in [3.8, 4) is 16.9 Å². The molecule has 1 amide bonds. The second kappa shape index (κ2) is 8.02. The zero-order chi connectivity index (χ0) is 21.3. The number of carboxylic acids is 1. The summed E-state index contributed by atoms with van der Waals surface area (Å²) in [6.07, 6.45) is 0.0939. The van der Waals surface area contributed by atoms with Crippen molar-refractivity contribution in [1.82, 2.24) is 4.90 Å². The summed E-state index contributed by atoms with van der Waals surface area (Å²) in [6, 6.07) is 15.0. The maximum atomic E-state index is 12.7. The molecule has 2 atom stereocenters. The Hall–Kier alpha value is -3.61. The lowest BCUT2D eigenvalue weighted by Gasteiger charge is -2.28. The lowest BCUT2D eigenvalue weighted by Crippen LogP contribution is -2.50. The highest BCUT2D eigenvalue weighted by Gasteiger charge is 2.33. The fourth-order valence-electron chi connectivity index (χ4n) is 3.84. The molecule has 2 heterocycles. The molecule has 1 fully saturated rings. The van der Waals surface area contributed by atoms with E-state index >= 15 is 0 Å². The number of aliphatic carboxylic acids is 1. The molecule has 1 aliphatic heterocycles. The summed E-state index contributed by atoms with van der Waals surface area (Å²) >= 11 is 0. The number of carboxylic acid groups (broad SMARTS) is 1. The van der Waals surface area contributed by atoms with Crippen LogP contribution in [0.3, 0.4) is 0 Å². The normalized spacial score (nSPS) is 17.1. The Balaban J connectivity index is 1.60. The quantitative estimate of drug-likeness (QED) is 0.601. The molecule has 0 spiro atoms. The average molecular weight is 406 g/mol. The SMILES string of the molecule is C[C@@H](Oc1ccc2c(-c3ccccc3)cc(=O)oc2c1)C(=O)N1CCC[C@@H]1C(=O)[O-]. The lowest BCUT2D eigenvalue weighted by atomic mass is 10.0. The van der Waals surface area contributed by atoms with Gasteiger partial charge in [-0.2, -0.15) is 0 Å². The Morgan fingerprint density at radius 3 is 2.67 bits per heavy atom. The number of hydrogen-bond donors (Lipinski definition) is 0. The van der Waals surface area contributed by atoms with Crippen LogP contribution < -0.4 is 15.5 Å². The predicted octanol–water partition coefficient (Wildman–Crippen LogP) is 1.97. The van der Waals surface area contributed by atoms with Gasteiger partial charge in [-0.15, -0.1) is 0 Å². The zero-order valence-corrected chi connectivity index (χ0v) is 16.4. The van der Waals surface area contributed by atoms with Crippen LogP contribution in [-0.4, -0.2) is 35.5 Å². The van der Waals surface area contributed by atoms with Crippen molar-refractivity contribution in [3.05, 3.63) is 65.0 Å². The summed E-state index contributed by atoms with van der Waals surface area (Å²) in [5.74, 6) is -1.32. The van der Waals surface area contributed by atoms with Crippen LogP contribution in [0.4, 0.5) is 0 Å². The molecule has 1 saturated heterocycles. The zero-order valence-electron chi connectivity index (χ0n) is 16.4. The van der Waals surface area contributed by atoms with Crippen LogP contribution in [0.25, 0.3) is 22.1 Å². The number of rotatable bonds is 5. The second-order valence-electron chi connectivity index (χ2n) is 7.27. The van der Waals surface area contributed by atoms with Gasteiger partial charge in [-0.05, 0) is 43.0 Å². The van der Waals surface area contributed by atoms with E-state index < -0.39 is 29.6 Å². The number of benzene rings is 2. The molecule has 7 heteroatoms. The van der Waals surface area contributed by atoms with E-state index in [0.29, 0.717) is 30.7 Å². The highest BCUT2D eigenvalue weighted by atomic mass is 16.5. The third-order valence-electron chi connectivity index (χ3n) is 5.27. The number of carbonyl (C=O) groups is 2. The first-order valence-electron chi connectivity index (χ1n) is 9.75. The molecule has 1 aliphatic rings. The summed E-state index contributed by atoms with van der Waals surface area (Å²) in [7, 11) is 0. The Labute approximate surface area is 172 Å². The molecule has 4 rings (SSSR count). The van der Waals surface area contributed by atoms with Gasteiger partial charge in [-0.25, -0.2) is 4.79 Å². The van der Waals surface area contributed by atoms with Gasteiger partial charge >= 0.3 is 5.63 Å². The molecule has 1 aromatic heterocycles. The molecule has 3 aromatic rings. The van der Waals surface area contributed by atoms with E-state index in [1.165, 1.54) is 11.0 Å². The highest BCUT2D eigenvalue weighted by molar-refractivity contribution is 5.94. The molecule has 30 heavy (non-hydrogen) atoms. The van der Waals surface area contributed by atoms with Gasteiger partial charge in [0.25, 0.3) is 5.91 Å². The van der Waals surface area contributed by atoms with Gasteiger partial charge in [0.2, 0.25) is 0 Å². The molecule has 0 bridgehead atoms. The van der Waals surface area contributed by atoms with Crippen molar-refractivity contribution in [1.29, 1.82) is 0 Å². The number of nitrogens with zero attached hydrogens (tertiary/aromatic N) is 1.